The van der Waals surface area contributed by atoms with E-state index in [0.717, 1.165) is 43.1 Å². The molecule has 1 aliphatic heterocycles. The molecule has 1 aromatic carbocycles. The van der Waals surface area contributed by atoms with Gasteiger partial charge in [0.1, 0.15) is 11.4 Å². The molecule has 0 bridgehead atoms. The van der Waals surface area contributed by atoms with Crippen LogP contribution in [0.3, 0.4) is 0 Å². The lowest BCUT2D eigenvalue weighted by atomic mass is 9.90. The second kappa shape index (κ2) is 9.46. The zero-order valence-corrected chi connectivity index (χ0v) is 16.3. The number of para-hydroxylation sites is 1. The summed E-state index contributed by atoms with van der Waals surface area (Å²) in [4.78, 5) is 15.8. The van der Waals surface area contributed by atoms with Crippen molar-refractivity contribution < 1.29 is 14.3 Å². The first kappa shape index (κ1) is 20.1. The van der Waals surface area contributed by atoms with Crippen LogP contribution in [-0.4, -0.2) is 37.7 Å². The fourth-order valence-electron chi connectivity index (χ4n) is 3.09. The Morgan fingerprint density at radius 2 is 2.12 bits per heavy atom. The van der Waals surface area contributed by atoms with Crippen LogP contribution in [0.25, 0.3) is 0 Å². The van der Waals surface area contributed by atoms with E-state index in [1.807, 2.05) is 18.2 Å². The first-order valence-electron chi connectivity index (χ1n) is 9.35. The van der Waals surface area contributed by atoms with Gasteiger partial charge in [-0.2, -0.15) is 0 Å². The average molecular weight is 361 g/mol. The van der Waals surface area contributed by atoms with Gasteiger partial charge in [0.25, 0.3) is 0 Å². The summed E-state index contributed by atoms with van der Waals surface area (Å²) in [6, 6.07) is 8.29. The molecule has 0 saturated carbocycles. The van der Waals surface area contributed by atoms with Crippen molar-refractivity contribution in [1.29, 1.82) is 0 Å². The normalized spacial score (nSPS) is 18.5. The Labute approximate surface area is 156 Å². The highest BCUT2D eigenvalue weighted by Gasteiger charge is 2.33. The average Bonchev–Trinajstić information content (AvgIpc) is 2.60. The number of hydrogen-bond donors (Lipinski definition) is 2. The third-order valence-electron chi connectivity index (χ3n) is 4.32. The second-order valence-electron chi connectivity index (χ2n) is 7.09. The largest absolute Gasteiger partial charge is 0.487 e. The first-order valence-corrected chi connectivity index (χ1v) is 9.35. The summed E-state index contributed by atoms with van der Waals surface area (Å²) in [6.07, 6.45) is 2.93. The van der Waals surface area contributed by atoms with Gasteiger partial charge in [-0.25, -0.2) is 0 Å². The van der Waals surface area contributed by atoms with Crippen molar-refractivity contribution in [3.05, 3.63) is 29.8 Å². The molecule has 0 spiro atoms. The minimum atomic E-state index is -0.232. The van der Waals surface area contributed by atoms with Crippen molar-refractivity contribution in [2.75, 3.05) is 20.2 Å². The Bertz CT molecular complexity index is 628. The van der Waals surface area contributed by atoms with E-state index in [9.17, 15) is 4.79 Å². The minimum Gasteiger partial charge on any atom is -0.487 e. The van der Waals surface area contributed by atoms with Crippen LogP contribution in [-0.2, 0) is 9.53 Å². The number of ether oxygens (including phenoxy) is 2. The van der Waals surface area contributed by atoms with Crippen LogP contribution < -0.4 is 15.4 Å². The third-order valence-corrected chi connectivity index (χ3v) is 4.32. The molecule has 6 heteroatoms. The van der Waals surface area contributed by atoms with E-state index in [2.05, 4.69) is 47.2 Å². The van der Waals surface area contributed by atoms with Crippen LogP contribution in [0.5, 0.6) is 5.75 Å². The van der Waals surface area contributed by atoms with Crippen molar-refractivity contribution in [3.63, 3.8) is 0 Å². The van der Waals surface area contributed by atoms with Gasteiger partial charge in [0.2, 0.25) is 0 Å². The zero-order valence-electron chi connectivity index (χ0n) is 16.3. The summed E-state index contributed by atoms with van der Waals surface area (Å²) < 4.78 is 10.8. The van der Waals surface area contributed by atoms with Crippen LogP contribution in [0.1, 0.15) is 58.1 Å². The van der Waals surface area contributed by atoms with Crippen molar-refractivity contribution in [3.8, 4) is 5.75 Å². The van der Waals surface area contributed by atoms with E-state index in [1.165, 1.54) is 7.11 Å². The van der Waals surface area contributed by atoms with E-state index in [-0.39, 0.29) is 17.6 Å². The molecule has 0 amide bonds. The predicted octanol–water partition coefficient (Wildman–Crippen LogP) is 3.19. The van der Waals surface area contributed by atoms with E-state index in [0.29, 0.717) is 13.0 Å². The lowest BCUT2D eigenvalue weighted by Gasteiger charge is -2.38. The number of benzene rings is 1. The van der Waals surface area contributed by atoms with Gasteiger partial charge in [-0.05, 0) is 39.7 Å². The molecule has 144 valence electrons. The van der Waals surface area contributed by atoms with Crippen LogP contribution in [0, 0.1) is 0 Å². The summed E-state index contributed by atoms with van der Waals surface area (Å²) in [7, 11) is 1.42. The van der Waals surface area contributed by atoms with Crippen LogP contribution in [0.15, 0.2) is 29.3 Å². The number of rotatable bonds is 7. The number of methoxy groups -OCH3 is 1. The number of nitrogens with zero attached hydrogens (tertiary/aromatic N) is 1. The van der Waals surface area contributed by atoms with E-state index in [1.54, 1.807) is 0 Å². The zero-order chi connectivity index (χ0) is 19.0. The van der Waals surface area contributed by atoms with Crippen LogP contribution in [0.4, 0.5) is 0 Å². The van der Waals surface area contributed by atoms with E-state index < -0.39 is 0 Å². The number of unbranched alkanes of at least 4 members (excludes halogenated alkanes) is 1. The van der Waals surface area contributed by atoms with Gasteiger partial charge in [-0.3, -0.25) is 9.79 Å². The summed E-state index contributed by atoms with van der Waals surface area (Å²) in [5.74, 6) is 1.55. The molecule has 1 aromatic rings. The second-order valence-corrected chi connectivity index (χ2v) is 7.09. The molecule has 0 saturated heterocycles. The molecule has 2 rings (SSSR count). The lowest BCUT2D eigenvalue weighted by Crippen LogP contribution is -2.45. The number of hydrogen-bond acceptors (Lipinski definition) is 4. The van der Waals surface area contributed by atoms with Gasteiger partial charge in [0, 0.05) is 31.5 Å². The summed E-state index contributed by atoms with van der Waals surface area (Å²) >= 11 is 0. The Morgan fingerprint density at radius 3 is 2.85 bits per heavy atom. The molecule has 1 atom stereocenters. The molecule has 0 aliphatic carbocycles. The molecular formula is C20H31N3O3. The van der Waals surface area contributed by atoms with Gasteiger partial charge < -0.3 is 20.1 Å². The first-order chi connectivity index (χ1) is 12.4. The van der Waals surface area contributed by atoms with E-state index in [4.69, 9.17) is 4.74 Å². The molecule has 6 nitrogen and oxygen atoms in total. The third kappa shape index (κ3) is 5.93. The van der Waals surface area contributed by atoms with E-state index >= 15 is 0 Å². The van der Waals surface area contributed by atoms with Gasteiger partial charge in [0.05, 0.1) is 13.2 Å². The molecule has 26 heavy (non-hydrogen) atoms. The number of carbonyl (C=O) groups is 1. The molecule has 1 aliphatic rings. The standard InChI is InChI=1S/C20H31N3O3/c1-5-21-19(22-13-9-8-12-18(24)25-4)23-16-14-20(2,3)26-17-11-7-6-10-15(16)17/h6-7,10-11,16H,5,8-9,12-14H2,1-4H3,(H2,21,22,23). The van der Waals surface area contributed by atoms with Crippen molar-refractivity contribution in [2.45, 2.75) is 58.1 Å². The number of fused-ring (bicyclic) bond motifs is 1. The molecular weight excluding hydrogens is 330 g/mol. The molecule has 0 radical (unpaired) electrons. The van der Waals surface area contributed by atoms with Crippen molar-refractivity contribution in [1.82, 2.24) is 10.6 Å². The maximum absolute atomic E-state index is 11.2. The Hall–Kier alpha value is -2.24. The summed E-state index contributed by atoms with van der Waals surface area (Å²) in [5.41, 5.74) is 0.923. The molecule has 0 aromatic heterocycles. The maximum Gasteiger partial charge on any atom is 0.305 e. The number of aliphatic imine (C=N–C) groups is 1. The summed E-state index contributed by atoms with van der Waals surface area (Å²) in [5, 5.41) is 6.85. The van der Waals surface area contributed by atoms with Gasteiger partial charge in [-0.1, -0.05) is 18.2 Å². The topological polar surface area (TPSA) is 72.0 Å². The minimum absolute atomic E-state index is 0.141. The highest BCUT2D eigenvalue weighted by atomic mass is 16.5. The highest BCUT2D eigenvalue weighted by molar-refractivity contribution is 5.80. The Kier molecular flexibility index (Phi) is 7.30. The van der Waals surface area contributed by atoms with Gasteiger partial charge >= 0.3 is 5.97 Å². The molecule has 1 heterocycles. The molecule has 1 unspecified atom stereocenters. The van der Waals surface area contributed by atoms with Crippen molar-refractivity contribution >= 4 is 11.9 Å². The number of nitrogens with one attached hydrogen (secondary N) is 2. The van der Waals surface area contributed by atoms with Gasteiger partial charge in [0.15, 0.2) is 5.96 Å². The lowest BCUT2D eigenvalue weighted by molar-refractivity contribution is -0.140. The molecule has 2 N–H and O–H groups in total. The predicted molar refractivity (Wildman–Crippen MR) is 103 cm³/mol. The van der Waals surface area contributed by atoms with Crippen LogP contribution in [0.2, 0.25) is 0 Å². The fourth-order valence-corrected chi connectivity index (χ4v) is 3.09. The Morgan fingerprint density at radius 1 is 1.35 bits per heavy atom. The van der Waals surface area contributed by atoms with Crippen molar-refractivity contribution in [2.24, 2.45) is 4.99 Å². The highest BCUT2D eigenvalue weighted by Crippen LogP contribution is 2.39. The maximum atomic E-state index is 11.2. The SMILES string of the molecule is CCNC(=NCCCCC(=O)OC)NC1CC(C)(C)Oc2ccccc21. The number of esters is 1. The number of guanidine groups is 1. The molecule has 0 fully saturated rings. The smallest absolute Gasteiger partial charge is 0.305 e. The monoisotopic (exact) mass is 361 g/mol. The van der Waals surface area contributed by atoms with Gasteiger partial charge in [-0.15, -0.1) is 0 Å². The Balaban J connectivity index is 2.00. The fraction of sp³-hybridized carbons (Fsp3) is 0.600. The number of carbonyl (C=O) groups excluding carboxylic acids is 1. The quantitative estimate of drug-likeness (QED) is 0.338. The van der Waals surface area contributed by atoms with Crippen LogP contribution >= 0.6 is 0 Å². The summed E-state index contributed by atoms with van der Waals surface area (Å²) in [6.45, 7) is 7.72.